The number of hydrogen-bond donors (Lipinski definition) is 0. The summed E-state index contributed by atoms with van der Waals surface area (Å²) in [5.74, 6) is 0. The van der Waals surface area contributed by atoms with Crippen LogP contribution in [0.25, 0.3) is 0 Å². The lowest BCUT2D eigenvalue weighted by Gasteiger charge is -2.29. The van der Waals surface area contributed by atoms with Gasteiger partial charge in [0.2, 0.25) is 0 Å². The average molecular weight is 325 g/mol. The monoisotopic (exact) mass is 325 g/mol. The summed E-state index contributed by atoms with van der Waals surface area (Å²) >= 11 is 0. The third kappa shape index (κ3) is 3.65. The average Bonchev–Trinajstić information content (AvgIpc) is 3.01. The summed E-state index contributed by atoms with van der Waals surface area (Å²) in [5, 5.41) is 0. The van der Waals surface area contributed by atoms with Gasteiger partial charge in [-0.3, -0.25) is 14.9 Å². The Balaban J connectivity index is 1.77. The molecule has 24 heavy (non-hydrogen) atoms. The molecule has 4 nitrogen and oxygen atoms in total. The van der Waals surface area contributed by atoms with Crippen molar-refractivity contribution in [1.82, 2.24) is 14.9 Å². The fourth-order valence-electron chi connectivity index (χ4n) is 3.73. The highest BCUT2D eigenvalue weighted by molar-refractivity contribution is 5.24. The molecule has 0 radical (unpaired) electrons. The summed E-state index contributed by atoms with van der Waals surface area (Å²) in [6.07, 6.45) is 4.05. The van der Waals surface area contributed by atoms with Gasteiger partial charge in [-0.25, -0.2) is 0 Å². The molecule has 0 saturated carbocycles. The van der Waals surface area contributed by atoms with Gasteiger partial charge in [-0.1, -0.05) is 12.1 Å². The maximum atomic E-state index is 5.38. The van der Waals surface area contributed by atoms with Crippen LogP contribution in [0.2, 0.25) is 0 Å². The van der Waals surface area contributed by atoms with E-state index < -0.39 is 0 Å². The summed E-state index contributed by atoms with van der Waals surface area (Å²) < 4.78 is 5.38. The van der Waals surface area contributed by atoms with E-state index in [-0.39, 0.29) is 5.41 Å². The minimum atomic E-state index is 0.100. The Labute approximate surface area is 144 Å². The van der Waals surface area contributed by atoms with Gasteiger partial charge >= 0.3 is 0 Å². The van der Waals surface area contributed by atoms with Crippen LogP contribution in [-0.2, 0) is 16.7 Å². The molecule has 0 N–H and O–H groups in total. The molecule has 1 aliphatic heterocycles. The van der Waals surface area contributed by atoms with Crippen LogP contribution in [0, 0.1) is 13.8 Å². The molecule has 3 rings (SSSR count). The largest absolute Gasteiger partial charge is 0.385 e. The molecule has 0 amide bonds. The van der Waals surface area contributed by atoms with Crippen LogP contribution in [0.1, 0.15) is 35.5 Å². The number of rotatable bonds is 6. The van der Waals surface area contributed by atoms with Gasteiger partial charge in [-0.15, -0.1) is 0 Å². The first-order valence-corrected chi connectivity index (χ1v) is 8.69. The van der Waals surface area contributed by atoms with E-state index >= 15 is 0 Å². The molecule has 3 heterocycles. The topological polar surface area (TPSA) is 38.2 Å². The Morgan fingerprint density at radius 3 is 2.79 bits per heavy atom. The van der Waals surface area contributed by atoms with Crippen molar-refractivity contribution in [2.45, 2.75) is 38.6 Å². The van der Waals surface area contributed by atoms with E-state index in [9.17, 15) is 0 Å². The number of aryl methyl sites for hydroxylation is 2. The van der Waals surface area contributed by atoms with E-state index in [0.29, 0.717) is 0 Å². The predicted molar refractivity (Wildman–Crippen MR) is 96.0 cm³/mol. The van der Waals surface area contributed by atoms with E-state index in [1.54, 1.807) is 7.11 Å². The van der Waals surface area contributed by atoms with Crippen LogP contribution in [-0.4, -0.2) is 41.7 Å². The lowest BCUT2D eigenvalue weighted by Crippen LogP contribution is -2.33. The van der Waals surface area contributed by atoms with Crippen molar-refractivity contribution in [1.29, 1.82) is 0 Å². The lowest BCUT2D eigenvalue weighted by molar-refractivity contribution is 0.164. The fraction of sp³-hybridized carbons (Fsp3) is 0.500. The van der Waals surface area contributed by atoms with Gasteiger partial charge in [0.15, 0.2) is 0 Å². The highest BCUT2D eigenvalue weighted by atomic mass is 16.5. The second kappa shape index (κ2) is 7.41. The fourth-order valence-corrected chi connectivity index (χ4v) is 3.73. The van der Waals surface area contributed by atoms with Crippen molar-refractivity contribution in [2.75, 3.05) is 26.8 Å². The molecule has 0 aromatic carbocycles. The maximum Gasteiger partial charge on any atom is 0.0479 e. The molecular weight excluding hydrogens is 298 g/mol. The van der Waals surface area contributed by atoms with Gasteiger partial charge < -0.3 is 4.74 Å². The third-order valence-corrected chi connectivity index (χ3v) is 5.15. The molecule has 1 fully saturated rings. The summed E-state index contributed by atoms with van der Waals surface area (Å²) in [7, 11) is 1.78. The molecule has 1 saturated heterocycles. The van der Waals surface area contributed by atoms with Gasteiger partial charge in [-0.2, -0.15) is 0 Å². The van der Waals surface area contributed by atoms with Crippen LogP contribution in [0.4, 0.5) is 0 Å². The van der Waals surface area contributed by atoms with Crippen LogP contribution >= 0.6 is 0 Å². The van der Waals surface area contributed by atoms with Crippen molar-refractivity contribution in [3.63, 3.8) is 0 Å². The van der Waals surface area contributed by atoms with E-state index in [2.05, 4.69) is 46.1 Å². The SMILES string of the molecule is COCCC1(c2ccccn2)CCN(Cc2ccc(C)nc2C)C1. The molecule has 128 valence electrons. The van der Waals surface area contributed by atoms with E-state index in [1.807, 2.05) is 19.2 Å². The summed E-state index contributed by atoms with van der Waals surface area (Å²) in [6, 6.07) is 10.6. The first-order chi connectivity index (χ1) is 11.6. The van der Waals surface area contributed by atoms with Crippen LogP contribution in [0.5, 0.6) is 0 Å². The highest BCUT2D eigenvalue weighted by Crippen LogP contribution is 2.37. The predicted octanol–water partition coefficient (Wildman–Crippen LogP) is 3.27. The van der Waals surface area contributed by atoms with Crippen LogP contribution in [0.3, 0.4) is 0 Å². The van der Waals surface area contributed by atoms with Crippen molar-refractivity contribution < 1.29 is 4.74 Å². The normalized spacial score (nSPS) is 21.3. The second-order valence-electron chi connectivity index (χ2n) is 6.90. The molecule has 1 atom stereocenters. The number of nitrogens with zero attached hydrogens (tertiary/aromatic N) is 3. The van der Waals surface area contributed by atoms with E-state index in [4.69, 9.17) is 4.74 Å². The van der Waals surface area contributed by atoms with Crippen molar-refractivity contribution >= 4 is 0 Å². The van der Waals surface area contributed by atoms with Gasteiger partial charge in [0.05, 0.1) is 0 Å². The first-order valence-electron chi connectivity index (χ1n) is 8.69. The van der Waals surface area contributed by atoms with Crippen LogP contribution in [0.15, 0.2) is 36.5 Å². The molecule has 2 aromatic heterocycles. The zero-order valence-electron chi connectivity index (χ0n) is 15.0. The quantitative estimate of drug-likeness (QED) is 0.817. The van der Waals surface area contributed by atoms with Crippen molar-refractivity contribution in [2.24, 2.45) is 0 Å². The van der Waals surface area contributed by atoms with Gasteiger partial charge in [0, 0.05) is 55.5 Å². The van der Waals surface area contributed by atoms with Crippen LogP contribution < -0.4 is 0 Å². The third-order valence-electron chi connectivity index (χ3n) is 5.15. The Morgan fingerprint density at radius 2 is 2.08 bits per heavy atom. The number of aromatic nitrogens is 2. The van der Waals surface area contributed by atoms with E-state index in [0.717, 1.165) is 50.5 Å². The van der Waals surface area contributed by atoms with Gasteiger partial charge in [0.1, 0.15) is 0 Å². The zero-order chi connectivity index (χ0) is 17.0. The molecule has 0 spiro atoms. The molecular formula is C20H27N3O. The Hall–Kier alpha value is -1.78. The molecule has 2 aromatic rings. The first kappa shape index (κ1) is 17.1. The molecule has 0 bridgehead atoms. The highest BCUT2D eigenvalue weighted by Gasteiger charge is 2.40. The smallest absolute Gasteiger partial charge is 0.0479 e. The Kier molecular flexibility index (Phi) is 5.27. The minimum absolute atomic E-state index is 0.100. The number of likely N-dealkylation sites (tertiary alicyclic amines) is 1. The van der Waals surface area contributed by atoms with Crippen molar-refractivity contribution in [3.05, 3.63) is 59.2 Å². The molecule has 0 aliphatic carbocycles. The zero-order valence-corrected chi connectivity index (χ0v) is 15.0. The van der Waals surface area contributed by atoms with Gasteiger partial charge in [0.25, 0.3) is 0 Å². The lowest BCUT2D eigenvalue weighted by atomic mass is 9.80. The second-order valence-corrected chi connectivity index (χ2v) is 6.90. The van der Waals surface area contributed by atoms with E-state index in [1.165, 1.54) is 11.3 Å². The summed E-state index contributed by atoms with van der Waals surface area (Å²) in [4.78, 5) is 11.8. The number of ether oxygens (including phenoxy) is 1. The molecule has 4 heteroatoms. The van der Waals surface area contributed by atoms with Gasteiger partial charge in [-0.05, 0) is 57.0 Å². The number of methoxy groups -OCH3 is 1. The Morgan fingerprint density at radius 1 is 1.21 bits per heavy atom. The Bertz CT molecular complexity index is 674. The maximum absolute atomic E-state index is 5.38. The number of hydrogen-bond acceptors (Lipinski definition) is 4. The summed E-state index contributed by atoms with van der Waals surface area (Å²) in [5.41, 5.74) is 4.85. The molecule has 1 aliphatic rings. The van der Waals surface area contributed by atoms with Crippen molar-refractivity contribution in [3.8, 4) is 0 Å². The summed E-state index contributed by atoms with van der Waals surface area (Å²) in [6.45, 7) is 8.00. The molecule has 1 unspecified atom stereocenters. The number of pyridine rings is 2. The minimum Gasteiger partial charge on any atom is -0.385 e. The standard InChI is InChI=1S/C20H27N3O/c1-16-7-8-18(17(2)22-16)14-23-12-9-20(15-23,10-13-24-3)19-6-4-5-11-21-19/h4-8,11H,9-10,12-15H2,1-3H3.